The molecule has 0 bridgehead atoms. The number of nitrogens with two attached hydrogens (primary N) is 1. The van der Waals surface area contributed by atoms with Crippen molar-refractivity contribution < 1.29 is 0 Å². The number of aryl methyl sites for hydroxylation is 1. The van der Waals surface area contributed by atoms with Crippen LogP contribution in [-0.2, 0) is 6.54 Å². The third-order valence-electron chi connectivity index (χ3n) is 2.20. The van der Waals surface area contributed by atoms with Gasteiger partial charge in [0.15, 0.2) is 0 Å². The SMILES string of the molecule is Cc1ccc(CN(C)CCN)cc1Br. The zero-order valence-corrected chi connectivity index (χ0v) is 10.3. The van der Waals surface area contributed by atoms with Crippen LogP contribution in [0.5, 0.6) is 0 Å². The van der Waals surface area contributed by atoms with Crippen LogP contribution in [-0.4, -0.2) is 25.0 Å². The van der Waals surface area contributed by atoms with Gasteiger partial charge in [0.05, 0.1) is 0 Å². The standard InChI is InChI=1S/C11H17BrN2/c1-9-3-4-10(7-11(9)12)8-14(2)6-5-13/h3-4,7H,5-6,8,13H2,1-2H3. The van der Waals surface area contributed by atoms with Crippen LogP contribution in [0.4, 0.5) is 0 Å². The fourth-order valence-electron chi connectivity index (χ4n) is 1.35. The van der Waals surface area contributed by atoms with Gasteiger partial charge < -0.3 is 10.6 Å². The van der Waals surface area contributed by atoms with E-state index in [1.807, 2.05) is 0 Å². The molecule has 0 fully saturated rings. The molecule has 0 aromatic heterocycles. The fourth-order valence-corrected chi connectivity index (χ4v) is 1.77. The first kappa shape index (κ1) is 11.7. The van der Waals surface area contributed by atoms with Gasteiger partial charge >= 0.3 is 0 Å². The Morgan fingerprint density at radius 3 is 2.71 bits per heavy atom. The third kappa shape index (κ3) is 3.40. The van der Waals surface area contributed by atoms with Gasteiger partial charge in [-0.1, -0.05) is 28.1 Å². The second-order valence-electron chi connectivity index (χ2n) is 3.61. The fraction of sp³-hybridized carbons (Fsp3) is 0.455. The molecule has 0 spiro atoms. The van der Waals surface area contributed by atoms with Gasteiger partial charge in [-0.3, -0.25) is 0 Å². The number of nitrogens with zero attached hydrogens (tertiary/aromatic N) is 1. The maximum absolute atomic E-state index is 5.49. The zero-order chi connectivity index (χ0) is 10.6. The van der Waals surface area contributed by atoms with Crippen molar-refractivity contribution in [3.8, 4) is 0 Å². The van der Waals surface area contributed by atoms with Gasteiger partial charge in [-0.25, -0.2) is 0 Å². The Hall–Kier alpha value is -0.380. The highest BCUT2D eigenvalue weighted by molar-refractivity contribution is 9.10. The molecule has 0 atom stereocenters. The van der Waals surface area contributed by atoms with Crippen molar-refractivity contribution in [1.29, 1.82) is 0 Å². The Balaban J connectivity index is 2.63. The molecule has 14 heavy (non-hydrogen) atoms. The summed E-state index contributed by atoms with van der Waals surface area (Å²) in [5.41, 5.74) is 8.08. The van der Waals surface area contributed by atoms with Gasteiger partial charge in [0.2, 0.25) is 0 Å². The van der Waals surface area contributed by atoms with Crippen molar-refractivity contribution >= 4 is 15.9 Å². The van der Waals surface area contributed by atoms with Crippen molar-refractivity contribution in [2.75, 3.05) is 20.1 Å². The molecule has 0 heterocycles. The average molecular weight is 257 g/mol. The summed E-state index contributed by atoms with van der Waals surface area (Å²) in [6, 6.07) is 6.46. The molecule has 1 aromatic rings. The lowest BCUT2D eigenvalue weighted by Crippen LogP contribution is -2.24. The van der Waals surface area contributed by atoms with E-state index in [2.05, 4.69) is 53.0 Å². The molecule has 0 saturated heterocycles. The molecule has 0 radical (unpaired) electrons. The molecule has 1 rings (SSSR count). The molecule has 0 aliphatic rings. The molecule has 0 amide bonds. The van der Waals surface area contributed by atoms with Crippen molar-refractivity contribution in [2.45, 2.75) is 13.5 Å². The monoisotopic (exact) mass is 256 g/mol. The highest BCUT2D eigenvalue weighted by atomic mass is 79.9. The molecule has 1 aromatic carbocycles. The van der Waals surface area contributed by atoms with E-state index in [0.29, 0.717) is 6.54 Å². The lowest BCUT2D eigenvalue weighted by molar-refractivity contribution is 0.336. The van der Waals surface area contributed by atoms with E-state index in [9.17, 15) is 0 Å². The zero-order valence-electron chi connectivity index (χ0n) is 8.76. The first-order valence-corrected chi connectivity index (χ1v) is 5.56. The van der Waals surface area contributed by atoms with Gasteiger partial charge in [-0.15, -0.1) is 0 Å². The van der Waals surface area contributed by atoms with Gasteiger partial charge in [0.1, 0.15) is 0 Å². The van der Waals surface area contributed by atoms with E-state index >= 15 is 0 Å². The highest BCUT2D eigenvalue weighted by Gasteiger charge is 2.01. The summed E-state index contributed by atoms with van der Waals surface area (Å²) in [4.78, 5) is 2.22. The van der Waals surface area contributed by atoms with Crippen LogP contribution in [0.15, 0.2) is 22.7 Å². The van der Waals surface area contributed by atoms with E-state index in [1.165, 1.54) is 15.6 Å². The van der Waals surface area contributed by atoms with Crippen LogP contribution >= 0.6 is 15.9 Å². The molecule has 2 nitrogen and oxygen atoms in total. The first-order chi connectivity index (χ1) is 6.63. The van der Waals surface area contributed by atoms with Gasteiger partial charge in [0, 0.05) is 24.1 Å². The van der Waals surface area contributed by atoms with Crippen LogP contribution in [0.25, 0.3) is 0 Å². The van der Waals surface area contributed by atoms with Crippen LogP contribution in [0.1, 0.15) is 11.1 Å². The van der Waals surface area contributed by atoms with Crippen molar-refractivity contribution in [1.82, 2.24) is 4.90 Å². The Labute approximate surface area is 94.2 Å². The van der Waals surface area contributed by atoms with Gasteiger partial charge in [0.25, 0.3) is 0 Å². The van der Waals surface area contributed by atoms with Gasteiger partial charge in [-0.05, 0) is 31.2 Å². The number of hydrogen-bond donors (Lipinski definition) is 1. The second kappa shape index (κ2) is 5.49. The second-order valence-corrected chi connectivity index (χ2v) is 4.46. The smallest absolute Gasteiger partial charge is 0.0231 e. The minimum absolute atomic E-state index is 0.712. The maximum Gasteiger partial charge on any atom is 0.0231 e. The van der Waals surface area contributed by atoms with E-state index < -0.39 is 0 Å². The number of benzene rings is 1. The molecule has 0 saturated carbocycles. The third-order valence-corrected chi connectivity index (χ3v) is 3.05. The van der Waals surface area contributed by atoms with E-state index in [-0.39, 0.29) is 0 Å². The predicted molar refractivity (Wildman–Crippen MR) is 64.3 cm³/mol. The molecular formula is C11H17BrN2. The lowest BCUT2D eigenvalue weighted by Gasteiger charge is -2.15. The predicted octanol–water partition coefficient (Wildman–Crippen LogP) is 2.15. The summed E-state index contributed by atoms with van der Waals surface area (Å²) < 4.78 is 1.18. The highest BCUT2D eigenvalue weighted by Crippen LogP contribution is 2.18. The summed E-state index contributed by atoms with van der Waals surface area (Å²) >= 11 is 3.53. The summed E-state index contributed by atoms with van der Waals surface area (Å²) in [7, 11) is 2.08. The minimum atomic E-state index is 0.712. The van der Waals surface area contributed by atoms with Crippen LogP contribution in [0.3, 0.4) is 0 Å². The topological polar surface area (TPSA) is 29.3 Å². The van der Waals surface area contributed by atoms with Crippen molar-refractivity contribution in [3.63, 3.8) is 0 Å². The van der Waals surface area contributed by atoms with E-state index in [0.717, 1.165) is 13.1 Å². The van der Waals surface area contributed by atoms with Crippen molar-refractivity contribution in [3.05, 3.63) is 33.8 Å². The maximum atomic E-state index is 5.49. The minimum Gasteiger partial charge on any atom is -0.329 e. The molecule has 2 N–H and O–H groups in total. The Kier molecular flexibility index (Phi) is 4.58. The Morgan fingerprint density at radius 2 is 2.14 bits per heavy atom. The number of likely N-dealkylation sites (N-methyl/N-ethyl adjacent to an activating group) is 1. The van der Waals surface area contributed by atoms with Crippen molar-refractivity contribution in [2.24, 2.45) is 5.73 Å². The molecular weight excluding hydrogens is 240 g/mol. The molecule has 0 unspecified atom stereocenters. The largest absolute Gasteiger partial charge is 0.329 e. The Morgan fingerprint density at radius 1 is 1.43 bits per heavy atom. The summed E-state index contributed by atoms with van der Waals surface area (Å²) in [6.07, 6.45) is 0. The lowest BCUT2D eigenvalue weighted by atomic mass is 10.1. The first-order valence-electron chi connectivity index (χ1n) is 4.77. The molecule has 0 aliphatic heterocycles. The number of rotatable bonds is 4. The number of halogens is 1. The number of hydrogen-bond acceptors (Lipinski definition) is 2. The molecule has 0 aliphatic carbocycles. The summed E-state index contributed by atoms with van der Waals surface area (Å²) in [6.45, 7) is 4.70. The van der Waals surface area contributed by atoms with Crippen LogP contribution < -0.4 is 5.73 Å². The summed E-state index contributed by atoms with van der Waals surface area (Å²) in [5.74, 6) is 0. The van der Waals surface area contributed by atoms with E-state index in [4.69, 9.17) is 5.73 Å². The van der Waals surface area contributed by atoms with Crippen LogP contribution in [0.2, 0.25) is 0 Å². The Bertz CT molecular complexity index is 299. The van der Waals surface area contributed by atoms with E-state index in [1.54, 1.807) is 0 Å². The quantitative estimate of drug-likeness (QED) is 0.895. The summed E-state index contributed by atoms with van der Waals surface area (Å²) in [5, 5.41) is 0. The normalized spacial score (nSPS) is 10.9. The molecule has 3 heteroatoms. The van der Waals surface area contributed by atoms with Gasteiger partial charge in [-0.2, -0.15) is 0 Å². The molecule has 78 valence electrons. The average Bonchev–Trinajstić information content (AvgIpc) is 2.12. The van der Waals surface area contributed by atoms with Crippen LogP contribution in [0, 0.1) is 6.92 Å².